The molecule has 0 bridgehead atoms. The molecular formula is C20H16FN5OS. The highest BCUT2D eigenvalue weighted by atomic mass is 32.1. The molecule has 3 aromatic heterocycles. The molecule has 0 radical (unpaired) electrons. The quantitative estimate of drug-likeness (QED) is 0.555. The molecule has 1 aliphatic rings. The Morgan fingerprint density at radius 2 is 1.96 bits per heavy atom. The smallest absolute Gasteiger partial charge is 0.262 e. The molecule has 28 heavy (non-hydrogen) atoms. The topological polar surface area (TPSA) is 85.3 Å². The summed E-state index contributed by atoms with van der Waals surface area (Å²) in [5, 5.41) is 9.18. The normalized spacial score (nSPS) is 14.9. The predicted octanol–water partition coefficient (Wildman–Crippen LogP) is 3.60. The van der Waals surface area contributed by atoms with Gasteiger partial charge in [-0.15, -0.1) is 16.4 Å². The van der Waals surface area contributed by atoms with Gasteiger partial charge in [0.25, 0.3) is 5.91 Å². The highest BCUT2D eigenvalue weighted by Crippen LogP contribution is 2.45. The zero-order valence-electron chi connectivity index (χ0n) is 14.7. The summed E-state index contributed by atoms with van der Waals surface area (Å²) in [5.74, 6) is -0.179. The number of anilines is 1. The summed E-state index contributed by atoms with van der Waals surface area (Å²) in [5.41, 5.74) is 8.71. The van der Waals surface area contributed by atoms with E-state index in [1.54, 1.807) is 16.6 Å². The van der Waals surface area contributed by atoms with E-state index in [1.807, 2.05) is 29.8 Å². The Morgan fingerprint density at radius 1 is 1.18 bits per heavy atom. The fourth-order valence-electron chi connectivity index (χ4n) is 3.34. The van der Waals surface area contributed by atoms with E-state index < -0.39 is 0 Å². The van der Waals surface area contributed by atoms with Gasteiger partial charge in [0.2, 0.25) is 5.95 Å². The van der Waals surface area contributed by atoms with Gasteiger partial charge in [0.1, 0.15) is 5.82 Å². The molecule has 8 heteroatoms. The number of nitrogens with one attached hydrogen (secondary N) is 1. The lowest BCUT2D eigenvalue weighted by Gasteiger charge is -2.17. The molecule has 5 rings (SSSR count). The molecule has 3 N–H and O–H groups in total. The van der Waals surface area contributed by atoms with Crippen LogP contribution in [0.15, 0.2) is 54.0 Å². The number of hydrogen-bond acceptors (Lipinski definition) is 5. The van der Waals surface area contributed by atoms with Crippen molar-refractivity contribution in [2.75, 3.05) is 5.73 Å². The second-order valence-electron chi connectivity index (χ2n) is 6.93. The van der Waals surface area contributed by atoms with Crippen LogP contribution in [-0.4, -0.2) is 20.5 Å². The second-order valence-corrected chi connectivity index (χ2v) is 7.84. The molecular weight excluding hydrogens is 377 g/mol. The van der Waals surface area contributed by atoms with Crippen molar-refractivity contribution < 1.29 is 9.18 Å². The summed E-state index contributed by atoms with van der Waals surface area (Å²) in [6.45, 7) is 0. The van der Waals surface area contributed by atoms with Crippen LogP contribution in [0.25, 0.3) is 16.8 Å². The number of amides is 1. The number of pyridine rings is 1. The number of carbonyl (C=O) groups excluding carboxylic acids is 1. The van der Waals surface area contributed by atoms with Gasteiger partial charge in [0, 0.05) is 11.8 Å². The third kappa shape index (κ3) is 2.91. The first-order valence-corrected chi connectivity index (χ1v) is 9.70. The van der Waals surface area contributed by atoms with E-state index in [1.165, 1.54) is 23.5 Å². The van der Waals surface area contributed by atoms with Gasteiger partial charge in [0.05, 0.1) is 10.4 Å². The maximum absolute atomic E-state index is 13.2. The number of nitrogens with two attached hydrogens (primary N) is 1. The average Bonchev–Trinajstić information content (AvgIpc) is 3.13. The van der Waals surface area contributed by atoms with Crippen LogP contribution in [0.2, 0.25) is 0 Å². The molecule has 1 aliphatic carbocycles. The Bertz CT molecular complexity index is 1190. The van der Waals surface area contributed by atoms with Crippen molar-refractivity contribution in [2.45, 2.75) is 18.4 Å². The zero-order valence-corrected chi connectivity index (χ0v) is 15.5. The summed E-state index contributed by atoms with van der Waals surface area (Å²) in [6.07, 6.45) is 3.54. The predicted molar refractivity (Wildman–Crippen MR) is 105 cm³/mol. The van der Waals surface area contributed by atoms with Crippen molar-refractivity contribution in [2.24, 2.45) is 0 Å². The average molecular weight is 393 g/mol. The van der Waals surface area contributed by atoms with Crippen LogP contribution in [-0.2, 0) is 5.54 Å². The molecule has 0 unspecified atom stereocenters. The lowest BCUT2D eigenvalue weighted by molar-refractivity contribution is 0.0935. The van der Waals surface area contributed by atoms with Crippen LogP contribution in [0.4, 0.5) is 10.3 Å². The van der Waals surface area contributed by atoms with E-state index in [2.05, 4.69) is 15.4 Å². The van der Waals surface area contributed by atoms with Crippen molar-refractivity contribution in [3.63, 3.8) is 0 Å². The Balaban J connectivity index is 1.38. The SMILES string of the molecule is Nc1nc2ccc(-c3csc(C(=O)NC4(c5ccc(F)cc5)CC4)c3)cn2n1. The first-order valence-electron chi connectivity index (χ1n) is 8.82. The minimum Gasteiger partial charge on any atom is -0.366 e. The summed E-state index contributed by atoms with van der Waals surface area (Å²) < 4.78 is 14.8. The van der Waals surface area contributed by atoms with Gasteiger partial charge in [-0.3, -0.25) is 4.79 Å². The number of carbonyl (C=O) groups is 1. The van der Waals surface area contributed by atoms with Crippen LogP contribution < -0.4 is 11.1 Å². The van der Waals surface area contributed by atoms with Crippen molar-refractivity contribution >= 4 is 28.8 Å². The van der Waals surface area contributed by atoms with E-state index in [4.69, 9.17) is 5.73 Å². The first kappa shape index (κ1) is 16.9. The largest absolute Gasteiger partial charge is 0.366 e. The lowest BCUT2D eigenvalue weighted by Crippen LogP contribution is -2.34. The van der Waals surface area contributed by atoms with Crippen molar-refractivity contribution in [3.8, 4) is 11.1 Å². The Hall–Kier alpha value is -3.26. The highest BCUT2D eigenvalue weighted by molar-refractivity contribution is 7.12. The lowest BCUT2D eigenvalue weighted by atomic mass is 10.0. The molecule has 140 valence electrons. The molecule has 1 saturated carbocycles. The van der Waals surface area contributed by atoms with Crippen molar-refractivity contribution in [3.05, 3.63) is 70.3 Å². The maximum Gasteiger partial charge on any atom is 0.262 e. The molecule has 4 aromatic rings. The van der Waals surface area contributed by atoms with E-state index in [0.29, 0.717) is 10.5 Å². The van der Waals surface area contributed by atoms with Gasteiger partial charge >= 0.3 is 0 Å². The molecule has 1 aromatic carbocycles. The fourth-order valence-corrected chi connectivity index (χ4v) is 4.15. The highest BCUT2D eigenvalue weighted by Gasteiger charge is 2.45. The van der Waals surface area contributed by atoms with Crippen LogP contribution in [0.1, 0.15) is 28.1 Å². The number of fused-ring (bicyclic) bond motifs is 1. The number of aromatic nitrogens is 3. The summed E-state index contributed by atoms with van der Waals surface area (Å²) in [7, 11) is 0. The Labute approximate surface area is 163 Å². The summed E-state index contributed by atoms with van der Waals surface area (Å²) in [6, 6.07) is 12.0. The third-order valence-corrected chi connectivity index (χ3v) is 5.93. The molecule has 0 spiro atoms. The van der Waals surface area contributed by atoms with Crippen LogP contribution in [0, 0.1) is 5.82 Å². The van der Waals surface area contributed by atoms with Gasteiger partial charge in [-0.25, -0.2) is 8.91 Å². The monoisotopic (exact) mass is 393 g/mol. The number of halogens is 1. The Kier molecular flexibility index (Phi) is 3.70. The van der Waals surface area contributed by atoms with Gasteiger partial charge in [-0.1, -0.05) is 12.1 Å². The second kappa shape index (κ2) is 6.13. The fraction of sp³-hybridized carbons (Fsp3) is 0.150. The van der Waals surface area contributed by atoms with Crippen molar-refractivity contribution in [1.29, 1.82) is 0 Å². The van der Waals surface area contributed by atoms with Crippen molar-refractivity contribution in [1.82, 2.24) is 19.9 Å². The molecule has 1 amide bonds. The number of thiophene rings is 1. The first-order chi connectivity index (χ1) is 13.5. The van der Waals surface area contributed by atoms with Crippen LogP contribution >= 0.6 is 11.3 Å². The molecule has 0 atom stereocenters. The number of nitrogens with zero attached hydrogens (tertiary/aromatic N) is 3. The van der Waals surface area contributed by atoms with E-state index in [-0.39, 0.29) is 23.2 Å². The van der Waals surface area contributed by atoms with Crippen LogP contribution in [0.3, 0.4) is 0 Å². The van der Waals surface area contributed by atoms with E-state index in [9.17, 15) is 9.18 Å². The summed E-state index contributed by atoms with van der Waals surface area (Å²) in [4.78, 5) is 17.5. The minimum absolute atomic E-state index is 0.121. The van der Waals surface area contributed by atoms with Crippen LogP contribution in [0.5, 0.6) is 0 Å². The van der Waals surface area contributed by atoms with E-state index in [0.717, 1.165) is 29.5 Å². The van der Waals surface area contributed by atoms with Gasteiger partial charge < -0.3 is 11.1 Å². The minimum atomic E-state index is -0.383. The van der Waals surface area contributed by atoms with E-state index >= 15 is 0 Å². The summed E-state index contributed by atoms with van der Waals surface area (Å²) >= 11 is 1.39. The van der Waals surface area contributed by atoms with Gasteiger partial charge in [0.15, 0.2) is 5.65 Å². The molecule has 1 fully saturated rings. The number of hydrogen-bond donors (Lipinski definition) is 2. The zero-order chi connectivity index (χ0) is 19.3. The molecule has 0 saturated heterocycles. The molecule has 6 nitrogen and oxygen atoms in total. The molecule has 0 aliphatic heterocycles. The standard InChI is InChI=1S/C20H16FN5OS/c21-15-4-2-14(3-5-15)20(7-8-20)24-18(27)16-9-13(11-28-16)12-1-6-17-23-19(22)25-26(17)10-12/h1-6,9-11H,7-8H2,(H2,22,25)(H,24,27). The number of benzene rings is 1. The molecule has 3 heterocycles. The number of nitrogen functional groups attached to an aromatic ring is 1. The number of rotatable bonds is 4. The maximum atomic E-state index is 13.2. The van der Waals surface area contributed by atoms with Gasteiger partial charge in [-0.2, -0.15) is 4.98 Å². The van der Waals surface area contributed by atoms with Gasteiger partial charge in [-0.05, 0) is 59.7 Å². The third-order valence-electron chi connectivity index (χ3n) is 5.00. The Morgan fingerprint density at radius 3 is 2.71 bits per heavy atom.